The maximum Gasteiger partial charge on any atom is 0.265 e. The quantitative estimate of drug-likeness (QED) is 0.905. The molecule has 2 aliphatic heterocycles. The van der Waals surface area contributed by atoms with Crippen LogP contribution in [0.1, 0.15) is 48.0 Å². The second kappa shape index (κ2) is 7.09. The van der Waals surface area contributed by atoms with Gasteiger partial charge in [-0.05, 0) is 32.1 Å². The number of likely N-dealkylation sites (tertiary alicyclic amines) is 2. The molecular formula is C17H26N4O2S. The molecule has 24 heavy (non-hydrogen) atoms. The van der Waals surface area contributed by atoms with Crippen molar-refractivity contribution in [3.05, 3.63) is 10.6 Å². The Morgan fingerprint density at radius 3 is 2.88 bits per heavy atom. The molecule has 0 spiro atoms. The molecule has 7 heteroatoms. The number of piperidine rings is 2. The second-order valence-corrected chi connectivity index (χ2v) is 7.68. The van der Waals surface area contributed by atoms with Crippen LogP contribution < -0.4 is 5.32 Å². The number of aryl methyl sites for hydroxylation is 1. The van der Waals surface area contributed by atoms with Crippen molar-refractivity contribution in [3.8, 4) is 0 Å². The van der Waals surface area contributed by atoms with Crippen LogP contribution in [0.5, 0.6) is 0 Å². The van der Waals surface area contributed by atoms with Gasteiger partial charge in [-0.1, -0.05) is 18.3 Å². The highest BCUT2D eigenvalue weighted by Gasteiger charge is 2.40. The molecule has 6 nitrogen and oxygen atoms in total. The topological polar surface area (TPSA) is 65.5 Å². The minimum Gasteiger partial charge on any atom is -0.365 e. The van der Waals surface area contributed by atoms with E-state index in [1.807, 2.05) is 18.9 Å². The fraction of sp³-hybridized carbons (Fsp3) is 0.706. The minimum absolute atomic E-state index is 0.0869. The number of hydrogen-bond acceptors (Lipinski definition) is 5. The van der Waals surface area contributed by atoms with Crippen LogP contribution in [0.4, 0.5) is 5.13 Å². The zero-order valence-corrected chi connectivity index (χ0v) is 15.5. The van der Waals surface area contributed by atoms with Gasteiger partial charge in [0.2, 0.25) is 5.91 Å². The standard InChI is InChI=1S/C17H26N4O2S/c1-4-8-21-13-7-9-20(10-12(13)5-6-14(21)22)16(23)15-11(2)19-17(18-3)24-15/h12-13H,4-10H2,1-3H3,(H,18,19)/t12-,13+/m0/s1. The zero-order valence-electron chi connectivity index (χ0n) is 14.7. The van der Waals surface area contributed by atoms with Crippen LogP contribution in [0.15, 0.2) is 0 Å². The van der Waals surface area contributed by atoms with Crippen molar-refractivity contribution in [2.75, 3.05) is 32.0 Å². The van der Waals surface area contributed by atoms with Gasteiger partial charge in [0.1, 0.15) is 4.88 Å². The average molecular weight is 350 g/mol. The largest absolute Gasteiger partial charge is 0.365 e. The minimum atomic E-state index is 0.0869. The third kappa shape index (κ3) is 3.14. The SMILES string of the molecule is CCCN1C(=O)CC[C@H]2CN(C(=O)c3sc(NC)nc3C)CC[C@H]21. The van der Waals surface area contributed by atoms with Gasteiger partial charge in [-0.15, -0.1) is 0 Å². The van der Waals surface area contributed by atoms with Gasteiger partial charge in [-0.25, -0.2) is 4.98 Å². The summed E-state index contributed by atoms with van der Waals surface area (Å²) in [5.41, 5.74) is 0.794. The van der Waals surface area contributed by atoms with Crippen molar-refractivity contribution < 1.29 is 9.59 Å². The van der Waals surface area contributed by atoms with Crippen LogP contribution in [-0.2, 0) is 4.79 Å². The number of fused-ring (bicyclic) bond motifs is 1. The Balaban J connectivity index is 1.71. The fourth-order valence-corrected chi connectivity index (χ4v) is 4.80. The Morgan fingerprint density at radius 1 is 1.42 bits per heavy atom. The predicted octanol–water partition coefficient (Wildman–Crippen LogP) is 2.36. The van der Waals surface area contributed by atoms with Crippen molar-refractivity contribution in [1.29, 1.82) is 0 Å². The molecule has 2 aliphatic rings. The van der Waals surface area contributed by atoms with E-state index >= 15 is 0 Å². The summed E-state index contributed by atoms with van der Waals surface area (Å²) in [6.45, 7) is 6.32. The number of rotatable bonds is 4. The van der Waals surface area contributed by atoms with Crippen molar-refractivity contribution in [2.45, 2.75) is 45.6 Å². The molecule has 132 valence electrons. The number of amides is 2. The van der Waals surface area contributed by atoms with E-state index in [9.17, 15) is 9.59 Å². The molecule has 0 aliphatic carbocycles. The maximum atomic E-state index is 12.9. The van der Waals surface area contributed by atoms with Gasteiger partial charge in [0, 0.05) is 39.1 Å². The highest BCUT2D eigenvalue weighted by molar-refractivity contribution is 7.17. The molecule has 2 amide bonds. The summed E-state index contributed by atoms with van der Waals surface area (Å²) in [6.07, 6.45) is 3.40. The summed E-state index contributed by atoms with van der Waals surface area (Å²) in [7, 11) is 1.82. The smallest absolute Gasteiger partial charge is 0.265 e. The normalized spacial score (nSPS) is 24.0. The monoisotopic (exact) mass is 350 g/mol. The van der Waals surface area contributed by atoms with E-state index in [4.69, 9.17) is 0 Å². The van der Waals surface area contributed by atoms with E-state index in [2.05, 4.69) is 22.1 Å². The molecule has 2 fully saturated rings. The first kappa shape index (κ1) is 17.2. The molecule has 3 rings (SSSR count). The van der Waals surface area contributed by atoms with Crippen LogP contribution in [0, 0.1) is 12.8 Å². The van der Waals surface area contributed by atoms with Crippen molar-refractivity contribution in [2.24, 2.45) is 5.92 Å². The van der Waals surface area contributed by atoms with Gasteiger partial charge < -0.3 is 15.1 Å². The number of hydrogen-bond donors (Lipinski definition) is 1. The summed E-state index contributed by atoms with van der Waals surface area (Å²) in [5.74, 6) is 0.780. The lowest BCUT2D eigenvalue weighted by Gasteiger charge is -2.47. The summed E-state index contributed by atoms with van der Waals surface area (Å²) >= 11 is 1.42. The number of nitrogens with one attached hydrogen (secondary N) is 1. The summed E-state index contributed by atoms with van der Waals surface area (Å²) in [4.78, 5) is 34.2. The molecule has 0 bridgehead atoms. The van der Waals surface area contributed by atoms with Gasteiger partial charge in [0.25, 0.3) is 5.91 Å². The van der Waals surface area contributed by atoms with E-state index in [0.717, 1.165) is 54.6 Å². The molecule has 3 heterocycles. The zero-order chi connectivity index (χ0) is 17.3. The van der Waals surface area contributed by atoms with Gasteiger partial charge in [-0.2, -0.15) is 0 Å². The van der Waals surface area contributed by atoms with Crippen molar-refractivity contribution >= 4 is 28.3 Å². The van der Waals surface area contributed by atoms with Crippen LogP contribution in [0.2, 0.25) is 0 Å². The third-order valence-electron chi connectivity index (χ3n) is 5.10. The molecule has 0 aromatic carbocycles. The average Bonchev–Trinajstić information content (AvgIpc) is 2.97. The molecule has 1 aromatic rings. The Bertz CT molecular complexity index is 630. The molecule has 1 aromatic heterocycles. The summed E-state index contributed by atoms with van der Waals surface area (Å²) in [6, 6.07) is 0.311. The third-order valence-corrected chi connectivity index (χ3v) is 6.26. The van der Waals surface area contributed by atoms with Crippen molar-refractivity contribution in [3.63, 3.8) is 0 Å². The summed E-state index contributed by atoms with van der Waals surface area (Å²) < 4.78 is 0. The van der Waals surface area contributed by atoms with Crippen LogP contribution in [0.3, 0.4) is 0 Å². The Kier molecular flexibility index (Phi) is 5.08. The number of thiazole rings is 1. The lowest BCUT2D eigenvalue weighted by Crippen LogP contribution is -2.57. The Hall–Kier alpha value is -1.63. The van der Waals surface area contributed by atoms with Gasteiger partial charge in [0.05, 0.1) is 5.69 Å². The Morgan fingerprint density at radius 2 is 2.21 bits per heavy atom. The second-order valence-electron chi connectivity index (χ2n) is 6.68. The van der Waals surface area contributed by atoms with Gasteiger partial charge >= 0.3 is 0 Å². The lowest BCUT2D eigenvalue weighted by atomic mass is 9.83. The number of carbonyl (C=O) groups is 2. The first-order valence-electron chi connectivity index (χ1n) is 8.79. The van der Waals surface area contributed by atoms with Crippen LogP contribution >= 0.6 is 11.3 Å². The van der Waals surface area contributed by atoms with E-state index in [-0.39, 0.29) is 11.8 Å². The van der Waals surface area contributed by atoms with E-state index in [1.54, 1.807) is 0 Å². The van der Waals surface area contributed by atoms with E-state index in [0.29, 0.717) is 18.4 Å². The maximum absolute atomic E-state index is 12.9. The number of nitrogens with zero attached hydrogens (tertiary/aromatic N) is 3. The van der Waals surface area contributed by atoms with Crippen LogP contribution in [-0.4, -0.2) is 59.3 Å². The van der Waals surface area contributed by atoms with Crippen LogP contribution in [0.25, 0.3) is 0 Å². The van der Waals surface area contributed by atoms with Gasteiger partial charge in [0.15, 0.2) is 5.13 Å². The number of anilines is 1. The van der Waals surface area contributed by atoms with E-state index < -0.39 is 0 Å². The summed E-state index contributed by atoms with van der Waals surface area (Å²) in [5, 5.41) is 3.79. The van der Waals surface area contributed by atoms with Gasteiger partial charge in [-0.3, -0.25) is 9.59 Å². The number of carbonyl (C=O) groups excluding carboxylic acids is 2. The highest BCUT2D eigenvalue weighted by atomic mass is 32.1. The number of aromatic nitrogens is 1. The molecule has 0 saturated carbocycles. The molecule has 2 atom stereocenters. The Labute approximate surface area is 147 Å². The highest BCUT2D eigenvalue weighted by Crippen LogP contribution is 2.33. The molecule has 2 saturated heterocycles. The first-order chi connectivity index (χ1) is 11.5. The molecule has 0 radical (unpaired) electrons. The molecule has 1 N–H and O–H groups in total. The molecule has 0 unspecified atom stereocenters. The van der Waals surface area contributed by atoms with E-state index in [1.165, 1.54) is 11.3 Å². The lowest BCUT2D eigenvalue weighted by molar-refractivity contribution is -0.140. The first-order valence-corrected chi connectivity index (χ1v) is 9.60. The fourth-order valence-electron chi connectivity index (χ4n) is 3.91. The predicted molar refractivity (Wildman–Crippen MR) is 95.4 cm³/mol. The van der Waals surface area contributed by atoms with Crippen molar-refractivity contribution in [1.82, 2.24) is 14.8 Å². The molecular weight excluding hydrogens is 324 g/mol.